The molecular formula is C19H24N2O3S. The molecule has 0 atom stereocenters. The number of nitrogens with one attached hydrogen (secondary N) is 2. The molecule has 6 heteroatoms. The summed E-state index contributed by atoms with van der Waals surface area (Å²) in [5, 5.41) is 2.72. The minimum Gasteiger partial charge on any atom is -0.352 e. The van der Waals surface area contributed by atoms with Gasteiger partial charge in [0.15, 0.2) is 0 Å². The zero-order valence-electron chi connectivity index (χ0n) is 14.7. The minimum absolute atomic E-state index is 0.139. The fourth-order valence-corrected chi connectivity index (χ4v) is 3.35. The summed E-state index contributed by atoms with van der Waals surface area (Å²) < 4.78 is 27.3. The average Bonchev–Trinajstić information content (AvgIpc) is 2.61. The van der Waals surface area contributed by atoms with E-state index in [1.807, 2.05) is 19.1 Å². The smallest absolute Gasteiger partial charge is 0.251 e. The van der Waals surface area contributed by atoms with Crippen LogP contribution in [-0.2, 0) is 16.6 Å². The SMILES string of the molecule is CCNC(=O)c1ccc(CNS(=O)(=O)c2ccc(C(C)C)cc2)cc1. The Balaban J connectivity index is 2.03. The van der Waals surface area contributed by atoms with Crippen LogP contribution in [0.25, 0.3) is 0 Å². The second-order valence-corrected chi connectivity index (χ2v) is 7.87. The lowest BCUT2D eigenvalue weighted by molar-refractivity contribution is 0.0956. The van der Waals surface area contributed by atoms with E-state index in [0.717, 1.165) is 11.1 Å². The van der Waals surface area contributed by atoms with Crippen molar-refractivity contribution < 1.29 is 13.2 Å². The summed E-state index contributed by atoms with van der Waals surface area (Å²) in [6, 6.07) is 13.8. The Kier molecular flexibility index (Phi) is 6.33. The van der Waals surface area contributed by atoms with Gasteiger partial charge in [-0.3, -0.25) is 4.79 Å². The molecule has 0 fully saturated rings. The highest BCUT2D eigenvalue weighted by Gasteiger charge is 2.14. The monoisotopic (exact) mass is 360 g/mol. The maximum atomic E-state index is 12.4. The number of amides is 1. The van der Waals surface area contributed by atoms with E-state index in [2.05, 4.69) is 23.9 Å². The van der Waals surface area contributed by atoms with Gasteiger partial charge >= 0.3 is 0 Å². The Labute approximate surface area is 149 Å². The average molecular weight is 360 g/mol. The van der Waals surface area contributed by atoms with Crippen LogP contribution in [0.2, 0.25) is 0 Å². The van der Waals surface area contributed by atoms with Gasteiger partial charge in [0.25, 0.3) is 5.91 Å². The predicted molar refractivity (Wildman–Crippen MR) is 99.0 cm³/mol. The third-order valence-electron chi connectivity index (χ3n) is 3.88. The van der Waals surface area contributed by atoms with E-state index in [-0.39, 0.29) is 17.3 Å². The lowest BCUT2D eigenvalue weighted by Gasteiger charge is -2.10. The summed E-state index contributed by atoms with van der Waals surface area (Å²) in [5.74, 6) is 0.216. The van der Waals surface area contributed by atoms with Gasteiger partial charge in [0.1, 0.15) is 0 Å². The third-order valence-corrected chi connectivity index (χ3v) is 5.29. The predicted octanol–water partition coefficient (Wildman–Crippen LogP) is 3.04. The zero-order valence-corrected chi connectivity index (χ0v) is 15.6. The van der Waals surface area contributed by atoms with Gasteiger partial charge in [-0.2, -0.15) is 0 Å². The van der Waals surface area contributed by atoms with E-state index in [1.54, 1.807) is 36.4 Å². The van der Waals surface area contributed by atoms with Crippen LogP contribution in [0.15, 0.2) is 53.4 Å². The fraction of sp³-hybridized carbons (Fsp3) is 0.316. The molecule has 0 aromatic heterocycles. The third kappa shape index (κ3) is 5.14. The first-order chi connectivity index (χ1) is 11.8. The molecule has 0 saturated heterocycles. The second kappa shape index (κ2) is 8.27. The quantitative estimate of drug-likeness (QED) is 0.797. The van der Waals surface area contributed by atoms with Crippen LogP contribution in [-0.4, -0.2) is 20.9 Å². The lowest BCUT2D eigenvalue weighted by atomic mass is 10.0. The normalized spacial score (nSPS) is 11.5. The molecule has 0 heterocycles. The molecule has 0 saturated carbocycles. The van der Waals surface area contributed by atoms with Gasteiger partial charge in [-0.25, -0.2) is 13.1 Å². The molecule has 0 bridgehead atoms. The maximum absolute atomic E-state index is 12.4. The maximum Gasteiger partial charge on any atom is 0.251 e. The Bertz CT molecular complexity index is 811. The van der Waals surface area contributed by atoms with Crippen molar-refractivity contribution in [3.05, 3.63) is 65.2 Å². The van der Waals surface area contributed by atoms with Crippen LogP contribution >= 0.6 is 0 Å². The minimum atomic E-state index is -3.57. The molecule has 0 spiro atoms. The van der Waals surface area contributed by atoms with Crippen LogP contribution in [0.5, 0.6) is 0 Å². The van der Waals surface area contributed by atoms with E-state index >= 15 is 0 Å². The summed E-state index contributed by atoms with van der Waals surface area (Å²) in [5.41, 5.74) is 2.44. The summed E-state index contributed by atoms with van der Waals surface area (Å²) in [4.78, 5) is 12.0. The summed E-state index contributed by atoms with van der Waals surface area (Å²) in [6.45, 7) is 6.72. The van der Waals surface area contributed by atoms with Gasteiger partial charge in [0.05, 0.1) is 4.90 Å². The molecule has 2 rings (SSSR count). The number of rotatable bonds is 7. The highest BCUT2D eigenvalue weighted by Crippen LogP contribution is 2.17. The van der Waals surface area contributed by atoms with E-state index in [4.69, 9.17) is 0 Å². The molecule has 2 aromatic rings. The van der Waals surface area contributed by atoms with E-state index in [9.17, 15) is 13.2 Å². The lowest BCUT2D eigenvalue weighted by Crippen LogP contribution is -2.24. The zero-order chi connectivity index (χ0) is 18.4. The van der Waals surface area contributed by atoms with Crippen molar-refractivity contribution in [1.82, 2.24) is 10.0 Å². The van der Waals surface area contributed by atoms with Crippen molar-refractivity contribution in [2.24, 2.45) is 0 Å². The molecule has 2 aromatic carbocycles. The largest absolute Gasteiger partial charge is 0.352 e. The first-order valence-electron chi connectivity index (χ1n) is 8.30. The number of carbonyl (C=O) groups excluding carboxylic acids is 1. The fourth-order valence-electron chi connectivity index (χ4n) is 2.33. The molecule has 0 aliphatic carbocycles. The molecule has 0 aliphatic heterocycles. The molecule has 0 radical (unpaired) electrons. The molecule has 25 heavy (non-hydrogen) atoms. The van der Waals surface area contributed by atoms with Crippen molar-refractivity contribution in [2.45, 2.75) is 38.1 Å². The van der Waals surface area contributed by atoms with Crippen molar-refractivity contribution in [3.63, 3.8) is 0 Å². The van der Waals surface area contributed by atoms with Gasteiger partial charge in [-0.05, 0) is 48.2 Å². The van der Waals surface area contributed by atoms with Crippen LogP contribution in [0, 0.1) is 0 Å². The second-order valence-electron chi connectivity index (χ2n) is 6.10. The molecule has 134 valence electrons. The van der Waals surface area contributed by atoms with Crippen molar-refractivity contribution in [2.75, 3.05) is 6.54 Å². The number of hydrogen-bond donors (Lipinski definition) is 2. The molecule has 0 unspecified atom stereocenters. The van der Waals surface area contributed by atoms with Gasteiger partial charge < -0.3 is 5.32 Å². The summed E-state index contributed by atoms with van der Waals surface area (Å²) in [7, 11) is -3.57. The van der Waals surface area contributed by atoms with E-state index in [1.165, 1.54) is 0 Å². The molecule has 0 aliphatic rings. The Hall–Kier alpha value is -2.18. The van der Waals surface area contributed by atoms with E-state index in [0.29, 0.717) is 18.0 Å². The highest BCUT2D eigenvalue weighted by atomic mass is 32.2. The molecular weight excluding hydrogens is 336 g/mol. The number of hydrogen-bond acceptors (Lipinski definition) is 3. The summed E-state index contributed by atoms with van der Waals surface area (Å²) in [6.07, 6.45) is 0. The number of carbonyl (C=O) groups is 1. The van der Waals surface area contributed by atoms with Gasteiger partial charge in [0, 0.05) is 18.7 Å². The summed E-state index contributed by atoms with van der Waals surface area (Å²) >= 11 is 0. The highest BCUT2D eigenvalue weighted by molar-refractivity contribution is 7.89. The first-order valence-corrected chi connectivity index (χ1v) is 9.78. The molecule has 5 nitrogen and oxygen atoms in total. The number of sulfonamides is 1. The van der Waals surface area contributed by atoms with Gasteiger partial charge in [-0.15, -0.1) is 0 Å². The van der Waals surface area contributed by atoms with Crippen molar-refractivity contribution in [3.8, 4) is 0 Å². The van der Waals surface area contributed by atoms with Gasteiger partial charge in [0.2, 0.25) is 10.0 Å². The van der Waals surface area contributed by atoms with Crippen molar-refractivity contribution >= 4 is 15.9 Å². The number of benzene rings is 2. The van der Waals surface area contributed by atoms with Gasteiger partial charge in [-0.1, -0.05) is 38.1 Å². The first kappa shape index (κ1) is 19.1. The van der Waals surface area contributed by atoms with Crippen LogP contribution < -0.4 is 10.0 Å². The van der Waals surface area contributed by atoms with Crippen LogP contribution in [0.4, 0.5) is 0 Å². The standard InChI is InChI=1S/C19H24N2O3S/c1-4-20-19(22)17-7-5-15(6-8-17)13-21-25(23,24)18-11-9-16(10-12-18)14(2)3/h5-12,14,21H,4,13H2,1-3H3,(H,20,22). The van der Waals surface area contributed by atoms with Crippen molar-refractivity contribution in [1.29, 1.82) is 0 Å². The Morgan fingerprint density at radius 3 is 2.12 bits per heavy atom. The van der Waals surface area contributed by atoms with E-state index < -0.39 is 10.0 Å². The Morgan fingerprint density at radius 2 is 1.60 bits per heavy atom. The molecule has 2 N–H and O–H groups in total. The Morgan fingerprint density at radius 1 is 1.00 bits per heavy atom. The molecule has 1 amide bonds. The van der Waals surface area contributed by atoms with Crippen LogP contribution in [0.1, 0.15) is 48.2 Å². The van der Waals surface area contributed by atoms with Crippen LogP contribution in [0.3, 0.4) is 0 Å². The topological polar surface area (TPSA) is 75.3 Å².